The third kappa shape index (κ3) is 2.37. The molecule has 1 saturated carbocycles. The number of halogens is 1. The van der Waals surface area contributed by atoms with Gasteiger partial charge >= 0.3 is 0 Å². The Balaban J connectivity index is 2.08. The Morgan fingerprint density at radius 1 is 1.67 bits per heavy atom. The normalized spacial score (nSPS) is 17.2. The number of carbonyl (C=O) groups is 1. The maximum absolute atomic E-state index is 11.9. The molecule has 2 rings (SSSR count). The Morgan fingerprint density at radius 2 is 2.40 bits per heavy atom. The Labute approximate surface area is 97.4 Å². The van der Waals surface area contributed by atoms with E-state index in [0.717, 1.165) is 23.9 Å². The molecule has 3 nitrogen and oxygen atoms in total. The Hall–Kier alpha value is -0.900. The van der Waals surface area contributed by atoms with Crippen molar-refractivity contribution >= 4 is 21.8 Å². The molecule has 0 bridgehead atoms. The molecule has 80 valence electrons. The largest absolute Gasteiger partial charge is 0.346 e. The molecule has 4 heteroatoms. The lowest BCUT2D eigenvalue weighted by Crippen LogP contribution is -2.38. The van der Waals surface area contributed by atoms with Gasteiger partial charge in [-0.3, -0.25) is 9.78 Å². The van der Waals surface area contributed by atoms with E-state index in [1.54, 1.807) is 18.3 Å². The molecule has 1 amide bonds. The zero-order valence-electron chi connectivity index (χ0n) is 8.59. The van der Waals surface area contributed by atoms with Crippen molar-refractivity contribution in [1.29, 1.82) is 0 Å². The molecule has 1 heterocycles. The number of aromatic nitrogens is 1. The van der Waals surface area contributed by atoms with Gasteiger partial charge in [0, 0.05) is 22.8 Å². The number of hydrogen-bond acceptors (Lipinski definition) is 2. The first-order valence-electron chi connectivity index (χ1n) is 4.96. The average Bonchev–Trinajstić information content (AvgIpc) is 2.98. The molecule has 1 N–H and O–H groups in total. The maximum atomic E-state index is 11.9. The second kappa shape index (κ2) is 3.93. The fourth-order valence-corrected chi connectivity index (χ4v) is 2.14. The quantitative estimate of drug-likeness (QED) is 0.853. The standard InChI is InChI=1S/C11H13BrN2O/c1-8-6-9(2-5-13-8)10(15)14-11(7-12)3-4-11/h2,5-6H,3-4,7H2,1H3,(H,14,15). The van der Waals surface area contributed by atoms with Crippen molar-refractivity contribution in [3.05, 3.63) is 29.6 Å². The summed E-state index contributed by atoms with van der Waals surface area (Å²) < 4.78 is 0. The Bertz CT molecular complexity index is 388. The minimum absolute atomic E-state index is 0.00236. The van der Waals surface area contributed by atoms with Crippen molar-refractivity contribution in [3.8, 4) is 0 Å². The summed E-state index contributed by atoms with van der Waals surface area (Å²) in [5.41, 5.74) is 1.56. The van der Waals surface area contributed by atoms with E-state index in [1.807, 2.05) is 6.92 Å². The van der Waals surface area contributed by atoms with E-state index in [9.17, 15) is 4.79 Å². The summed E-state index contributed by atoms with van der Waals surface area (Å²) in [6.07, 6.45) is 3.79. The lowest BCUT2D eigenvalue weighted by Gasteiger charge is -2.14. The van der Waals surface area contributed by atoms with Crippen LogP contribution in [0.15, 0.2) is 18.3 Å². The number of amides is 1. The van der Waals surface area contributed by atoms with E-state index in [2.05, 4.69) is 26.2 Å². The van der Waals surface area contributed by atoms with Gasteiger partial charge in [-0.15, -0.1) is 0 Å². The SMILES string of the molecule is Cc1cc(C(=O)NC2(CBr)CC2)ccn1. The van der Waals surface area contributed by atoms with Gasteiger partial charge in [0.25, 0.3) is 5.91 Å². The highest BCUT2D eigenvalue weighted by Crippen LogP contribution is 2.37. The van der Waals surface area contributed by atoms with Crippen LogP contribution in [-0.2, 0) is 0 Å². The van der Waals surface area contributed by atoms with Gasteiger partial charge in [0.05, 0.1) is 5.54 Å². The van der Waals surface area contributed by atoms with Crippen LogP contribution in [0.2, 0.25) is 0 Å². The van der Waals surface area contributed by atoms with Gasteiger partial charge in [0.1, 0.15) is 0 Å². The number of pyridine rings is 1. The molecular formula is C11H13BrN2O. The first-order valence-corrected chi connectivity index (χ1v) is 6.08. The lowest BCUT2D eigenvalue weighted by atomic mass is 10.2. The van der Waals surface area contributed by atoms with Gasteiger partial charge in [-0.1, -0.05) is 15.9 Å². The molecule has 0 radical (unpaired) electrons. The first kappa shape index (κ1) is 10.6. The number of nitrogens with zero attached hydrogens (tertiary/aromatic N) is 1. The molecule has 1 aromatic heterocycles. The summed E-state index contributed by atoms with van der Waals surface area (Å²) in [4.78, 5) is 15.9. The van der Waals surface area contributed by atoms with E-state index in [1.165, 1.54) is 0 Å². The molecular weight excluding hydrogens is 256 g/mol. The van der Waals surface area contributed by atoms with Crippen LogP contribution in [0.1, 0.15) is 28.9 Å². The molecule has 1 aliphatic carbocycles. The van der Waals surface area contributed by atoms with Crippen LogP contribution < -0.4 is 5.32 Å². The summed E-state index contributed by atoms with van der Waals surface area (Å²) >= 11 is 3.42. The molecule has 0 atom stereocenters. The van der Waals surface area contributed by atoms with Gasteiger partial charge in [0.2, 0.25) is 0 Å². The predicted molar refractivity (Wildman–Crippen MR) is 62.2 cm³/mol. The average molecular weight is 269 g/mol. The zero-order valence-corrected chi connectivity index (χ0v) is 10.2. The van der Waals surface area contributed by atoms with Gasteiger partial charge in [-0.2, -0.15) is 0 Å². The summed E-state index contributed by atoms with van der Waals surface area (Å²) in [5, 5.41) is 3.88. The first-order chi connectivity index (χ1) is 7.15. The van der Waals surface area contributed by atoms with E-state index < -0.39 is 0 Å². The molecule has 1 fully saturated rings. The van der Waals surface area contributed by atoms with E-state index in [0.29, 0.717) is 5.56 Å². The molecule has 0 unspecified atom stereocenters. The van der Waals surface area contributed by atoms with Crippen LogP contribution in [0, 0.1) is 6.92 Å². The zero-order chi connectivity index (χ0) is 10.9. The van der Waals surface area contributed by atoms with Crippen LogP contribution in [0.25, 0.3) is 0 Å². The van der Waals surface area contributed by atoms with Crippen molar-refractivity contribution in [1.82, 2.24) is 10.3 Å². The third-order valence-corrected chi connectivity index (χ3v) is 3.72. The van der Waals surface area contributed by atoms with Gasteiger partial charge < -0.3 is 5.32 Å². The summed E-state index contributed by atoms with van der Waals surface area (Å²) in [6.45, 7) is 1.88. The highest BCUT2D eigenvalue weighted by Gasteiger charge is 2.42. The van der Waals surface area contributed by atoms with Crippen LogP contribution in [0.4, 0.5) is 0 Å². The van der Waals surface area contributed by atoms with Gasteiger partial charge in [-0.25, -0.2) is 0 Å². The Kier molecular flexibility index (Phi) is 2.78. The minimum atomic E-state index is -0.00236. The number of rotatable bonds is 3. The van der Waals surface area contributed by atoms with Crippen LogP contribution in [0.3, 0.4) is 0 Å². The van der Waals surface area contributed by atoms with Gasteiger partial charge in [-0.05, 0) is 31.9 Å². The molecule has 0 spiro atoms. The molecule has 15 heavy (non-hydrogen) atoms. The van der Waals surface area contributed by atoms with Crippen LogP contribution >= 0.6 is 15.9 Å². The molecule has 0 saturated heterocycles. The van der Waals surface area contributed by atoms with Gasteiger partial charge in [0.15, 0.2) is 0 Å². The summed E-state index contributed by atoms with van der Waals surface area (Å²) in [5.74, 6) is -0.00236. The van der Waals surface area contributed by atoms with E-state index >= 15 is 0 Å². The monoisotopic (exact) mass is 268 g/mol. The highest BCUT2D eigenvalue weighted by atomic mass is 79.9. The van der Waals surface area contributed by atoms with Crippen molar-refractivity contribution < 1.29 is 4.79 Å². The van der Waals surface area contributed by atoms with Crippen molar-refractivity contribution in [2.24, 2.45) is 0 Å². The van der Waals surface area contributed by atoms with Crippen LogP contribution in [-0.4, -0.2) is 21.8 Å². The lowest BCUT2D eigenvalue weighted by molar-refractivity contribution is 0.0936. The second-order valence-corrected chi connectivity index (χ2v) is 4.61. The smallest absolute Gasteiger partial charge is 0.251 e. The second-order valence-electron chi connectivity index (χ2n) is 4.05. The predicted octanol–water partition coefficient (Wildman–Crippen LogP) is 2.05. The Morgan fingerprint density at radius 3 is 2.93 bits per heavy atom. The number of aryl methyl sites for hydroxylation is 1. The molecule has 1 aliphatic rings. The number of carbonyl (C=O) groups excluding carboxylic acids is 1. The van der Waals surface area contributed by atoms with E-state index in [4.69, 9.17) is 0 Å². The fourth-order valence-electron chi connectivity index (χ4n) is 1.44. The van der Waals surface area contributed by atoms with E-state index in [-0.39, 0.29) is 11.4 Å². The number of hydrogen-bond donors (Lipinski definition) is 1. The maximum Gasteiger partial charge on any atom is 0.251 e. The van der Waals surface area contributed by atoms with Crippen molar-refractivity contribution in [2.45, 2.75) is 25.3 Å². The number of nitrogens with one attached hydrogen (secondary N) is 1. The minimum Gasteiger partial charge on any atom is -0.346 e. The van der Waals surface area contributed by atoms with Crippen LogP contribution in [0.5, 0.6) is 0 Å². The molecule has 0 aliphatic heterocycles. The van der Waals surface area contributed by atoms with Crippen molar-refractivity contribution in [2.75, 3.05) is 5.33 Å². The van der Waals surface area contributed by atoms with Crippen molar-refractivity contribution in [3.63, 3.8) is 0 Å². The molecule has 1 aromatic rings. The summed E-state index contributed by atoms with van der Waals surface area (Å²) in [7, 11) is 0. The number of alkyl halides is 1. The third-order valence-electron chi connectivity index (χ3n) is 2.65. The fraction of sp³-hybridized carbons (Fsp3) is 0.455. The summed E-state index contributed by atoms with van der Waals surface area (Å²) in [6, 6.07) is 3.55. The highest BCUT2D eigenvalue weighted by molar-refractivity contribution is 9.09. The molecule has 0 aromatic carbocycles. The topological polar surface area (TPSA) is 42.0 Å².